The molecule has 1 unspecified atom stereocenters. The molecular formula is C24H35F. The van der Waals surface area contributed by atoms with Gasteiger partial charge >= 0.3 is 0 Å². The summed E-state index contributed by atoms with van der Waals surface area (Å²) in [4.78, 5) is 0. The van der Waals surface area contributed by atoms with Crippen LogP contribution in [-0.2, 0) is 6.42 Å². The van der Waals surface area contributed by atoms with Gasteiger partial charge in [0.1, 0.15) is 5.82 Å². The van der Waals surface area contributed by atoms with E-state index in [1.807, 2.05) is 12.1 Å². The number of allylic oxidation sites excluding steroid dienone is 2. The second-order valence-electron chi connectivity index (χ2n) is 8.50. The fraction of sp³-hybridized carbons (Fsp3) is 0.667. The van der Waals surface area contributed by atoms with E-state index in [0.29, 0.717) is 0 Å². The zero-order chi connectivity index (χ0) is 17.5. The highest BCUT2D eigenvalue weighted by Crippen LogP contribution is 2.36. The molecule has 0 radical (unpaired) electrons. The molecule has 138 valence electrons. The SMILES string of the molecule is CCC1CCC(CCC2CC=C(CCc3ccc(F)cc3)CC2)CC1. The van der Waals surface area contributed by atoms with Crippen LogP contribution in [0.5, 0.6) is 0 Å². The molecule has 1 fully saturated rings. The lowest BCUT2D eigenvalue weighted by Gasteiger charge is -2.29. The number of hydrogen-bond acceptors (Lipinski definition) is 0. The Morgan fingerprint density at radius 2 is 1.52 bits per heavy atom. The molecule has 0 saturated heterocycles. The molecule has 0 heterocycles. The van der Waals surface area contributed by atoms with Crippen LogP contribution in [0.4, 0.5) is 4.39 Å². The minimum absolute atomic E-state index is 0.133. The smallest absolute Gasteiger partial charge is 0.123 e. The van der Waals surface area contributed by atoms with Crippen LogP contribution in [0.3, 0.4) is 0 Å². The topological polar surface area (TPSA) is 0 Å². The average molecular weight is 343 g/mol. The van der Waals surface area contributed by atoms with Crippen molar-refractivity contribution in [2.45, 2.75) is 84.0 Å². The summed E-state index contributed by atoms with van der Waals surface area (Å²) < 4.78 is 13.0. The summed E-state index contributed by atoms with van der Waals surface area (Å²) >= 11 is 0. The highest BCUT2D eigenvalue weighted by Gasteiger charge is 2.21. The molecule has 1 heteroatoms. The van der Waals surface area contributed by atoms with Crippen LogP contribution in [0.25, 0.3) is 0 Å². The van der Waals surface area contributed by atoms with Gasteiger partial charge in [0.15, 0.2) is 0 Å². The average Bonchev–Trinajstić information content (AvgIpc) is 2.67. The summed E-state index contributed by atoms with van der Waals surface area (Å²) in [5.74, 6) is 2.84. The van der Waals surface area contributed by atoms with Crippen LogP contribution < -0.4 is 0 Å². The second kappa shape index (κ2) is 9.55. The van der Waals surface area contributed by atoms with Crippen LogP contribution in [0.1, 0.15) is 83.1 Å². The molecule has 0 bridgehead atoms. The first-order valence-corrected chi connectivity index (χ1v) is 10.6. The van der Waals surface area contributed by atoms with Gasteiger partial charge in [-0.15, -0.1) is 0 Å². The lowest BCUT2D eigenvalue weighted by atomic mass is 9.76. The van der Waals surface area contributed by atoms with E-state index in [4.69, 9.17) is 0 Å². The highest BCUT2D eigenvalue weighted by atomic mass is 19.1. The van der Waals surface area contributed by atoms with Crippen molar-refractivity contribution in [3.8, 4) is 0 Å². The molecule has 0 aliphatic heterocycles. The van der Waals surface area contributed by atoms with Crippen molar-refractivity contribution in [3.05, 3.63) is 47.3 Å². The van der Waals surface area contributed by atoms with Crippen molar-refractivity contribution >= 4 is 0 Å². The molecule has 1 atom stereocenters. The van der Waals surface area contributed by atoms with E-state index in [0.717, 1.165) is 30.6 Å². The van der Waals surface area contributed by atoms with E-state index in [-0.39, 0.29) is 5.82 Å². The van der Waals surface area contributed by atoms with E-state index in [1.165, 1.54) is 69.8 Å². The normalized spacial score (nSPS) is 27.1. The van der Waals surface area contributed by atoms with Gasteiger partial charge in [-0.25, -0.2) is 4.39 Å². The second-order valence-corrected chi connectivity index (χ2v) is 8.50. The molecule has 25 heavy (non-hydrogen) atoms. The molecule has 0 spiro atoms. The van der Waals surface area contributed by atoms with E-state index in [2.05, 4.69) is 13.0 Å². The number of halogens is 1. The number of hydrogen-bond donors (Lipinski definition) is 0. The molecule has 0 N–H and O–H groups in total. The lowest BCUT2D eigenvalue weighted by Crippen LogP contribution is -2.15. The molecule has 0 amide bonds. The van der Waals surface area contributed by atoms with Gasteiger partial charge in [-0.3, -0.25) is 0 Å². The third-order valence-corrected chi connectivity index (χ3v) is 6.79. The van der Waals surface area contributed by atoms with Crippen molar-refractivity contribution in [1.29, 1.82) is 0 Å². The van der Waals surface area contributed by atoms with Crippen molar-refractivity contribution in [2.75, 3.05) is 0 Å². The van der Waals surface area contributed by atoms with Crippen LogP contribution in [-0.4, -0.2) is 0 Å². The van der Waals surface area contributed by atoms with Gasteiger partial charge < -0.3 is 0 Å². The summed E-state index contributed by atoms with van der Waals surface area (Å²) in [7, 11) is 0. The molecule has 2 aliphatic carbocycles. The first kappa shape index (κ1) is 18.7. The summed E-state index contributed by atoms with van der Waals surface area (Å²) in [6.45, 7) is 2.35. The summed E-state index contributed by atoms with van der Waals surface area (Å²) in [6.07, 6.45) is 19.0. The quantitative estimate of drug-likeness (QED) is 0.450. The molecular weight excluding hydrogens is 307 g/mol. The van der Waals surface area contributed by atoms with Crippen LogP contribution >= 0.6 is 0 Å². The first-order valence-electron chi connectivity index (χ1n) is 10.6. The maximum atomic E-state index is 13.0. The van der Waals surface area contributed by atoms with Gasteiger partial charge in [-0.2, -0.15) is 0 Å². The van der Waals surface area contributed by atoms with Gasteiger partial charge in [-0.1, -0.05) is 69.2 Å². The van der Waals surface area contributed by atoms with Crippen LogP contribution in [0.2, 0.25) is 0 Å². The third-order valence-electron chi connectivity index (χ3n) is 6.79. The Morgan fingerprint density at radius 1 is 0.840 bits per heavy atom. The number of aryl methyl sites for hydroxylation is 1. The Hall–Kier alpha value is -1.11. The van der Waals surface area contributed by atoms with Crippen molar-refractivity contribution in [2.24, 2.45) is 17.8 Å². The highest BCUT2D eigenvalue weighted by molar-refractivity contribution is 5.18. The van der Waals surface area contributed by atoms with Gasteiger partial charge in [0, 0.05) is 0 Å². The predicted octanol–water partition coefficient (Wildman–Crippen LogP) is 7.48. The fourth-order valence-electron chi connectivity index (χ4n) is 4.79. The summed E-state index contributed by atoms with van der Waals surface area (Å²) in [5.41, 5.74) is 2.89. The number of benzene rings is 1. The van der Waals surface area contributed by atoms with Crippen LogP contribution in [0, 0.1) is 23.6 Å². The Kier molecular flexibility index (Phi) is 7.13. The van der Waals surface area contributed by atoms with Crippen molar-refractivity contribution in [1.82, 2.24) is 0 Å². The molecule has 0 nitrogen and oxygen atoms in total. The largest absolute Gasteiger partial charge is 0.207 e. The van der Waals surface area contributed by atoms with E-state index < -0.39 is 0 Å². The first-order chi connectivity index (χ1) is 12.2. The summed E-state index contributed by atoms with van der Waals surface area (Å²) in [5, 5.41) is 0. The molecule has 1 saturated carbocycles. The van der Waals surface area contributed by atoms with E-state index in [1.54, 1.807) is 17.7 Å². The van der Waals surface area contributed by atoms with Crippen molar-refractivity contribution in [3.63, 3.8) is 0 Å². The monoisotopic (exact) mass is 342 g/mol. The molecule has 1 aromatic rings. The van der Waals surface area contributed by atoms with Gasteiger partial charge in [0.25, 0.3) is 0 Å². The Bertz CT molecular complexity index is 534. The van der Waals surface area contributed by atoms with Gasteiger partial charge in [0.2, 0.25) is 0 Å². The molecule has 3 rings (SSSR count). The van der Waals surface area contributed by atoms with Crippen LogP contribution in [0.15, 0.2) is 35.9 Å². The predicted molar refractivity (Wildman–Crippen MR) is 105 cm³/mol. The minimum Gasteiger partial charge on any atom is -0.207 e. The maximum Gasteiger partial charge on any atom is 0.123 e. The van der Waals surface area contributed by atoms with Crippen molar-refractivity contribution < 1.29 is 4.39 Å². The Balaban J connectivity index is 1.34. The summed E-state index contributed by atoms with van der Waals surface area (Å²) in [6, 6.07) is 7.01. The van der Waals surface area contributed by atoms with E-state index in [9.17, 15) is 4.39 Å². The van der Waals surface area contributed by atoms with Gasteiger partial charge in [0.05, 0.1) is 0 Å². The van der Waals surface area contributed by atoms with Gasteiger partial charge in [-0.05, 0) is 74.0 Å². The van der Waals surface area contributed by atoms with E-state index >= 15 is 0 Å². The minimum atomic E-state index is -0.133. The number of rotatable bonds is 7. The zero-order valence-corrected chi connectivity index (χ0v) is 16.0. The Morgan fingerprint density at radius 3 is 2.16 bits per heavy atom. The standard InChI is InChI=1S/C24H35F/c1-2-19-3-5-20(6-4-19)7-8-21-9-11-22(12-10-21)13-14-23-15-17-24(25)18-16-23/h11,15-21H,2-10,12-14H2,1H3. The third kappa shape index (κ3) is 5.97. The molecule has 1 aromatic carbocycles. The lowest BCUT2D eigenvalue weighted by molar-refractivity contribution is 0.241. The molecule has 2 aliphatic rings. The fourth-order valence-corrected chi connectivity index (χ4v) is 4.79. The maximum absolute atomic E-state index is 13.0. The molecule has 0 aromatic heterocycles. The zero-order valence-electron chi connectivity index (χ0n) is 16.0. The Labute approximate surface area is 153 Å².